The first kappa shape index (κ1) is 18.5. The fourth-order valence-corrected chi connectivity index (χ4v) is 2.73. The molecule has 0 bridgehead atoms. The predicted molar refractivity (Wildman–Crippen MR) is 99.1 cm³/mol. The first-order valence-electron chi connectivity index (χ1n) is 8.32. The summed E-state index contributed by atoms with van der Waals surface area (Å²) in [6.45, 7) is 8.69. The van der Waals surface area contributed by atoms with Crippen LogP contribution in [0.4, 0.5) is 0 Å². The van der Waals surface area contributed by atoms with Gasteiger partial charge in [0.1, 0.15) is 6.04 Å². The van der Waals surface area contributed by atoms with Crippen LogP contribution < -0.4 is 10.6 Å². The molecule has 0 unspecified atom stereocenters. The monoisotopic (exact) mass is 345 g/mol. The molecule has 0 saturated carbocycles. The van der Waals surface area contributed by atoms with Crippen LogP contribution in [-0.2, 0) is 4.79 Å². The number of quaternary nitrogens is 1. The summed E-state index contributed by atoms with van der Waals surface area (Å²) in [6, 6.07) is 14.3. The van der Waals surface area contributed by atoms with Gasteiger partial charge in [0.05, 0.1) is 6.04 Å². The van der Waals surface area contributed by atoms with Crippen LogP contribution in [0.2, 0.25) is 5.02 Å². The van der Waals surface area contributed by atoms with E-state index >= 15 is 0 Å². The number of halogens is 1. The number of aryl methyl sites for hydroxylation is 2. The number of hydrogen-bond acceptors (Lipinski definition) is 1. The number of benzene rings is 2. The average Bonchev–Trinajstić information content (AvgIpc) is 2.55. The van der Waals surface area contributed by atoms with Gasteiger partial charge in [0.15, 0.2) is 6.54 Å². The smallest absolute Gasteiger partial charge is 0.275 e. The Morgan fingerprint density at radius 3 is 2.29 bits per heavy atom. The molecule has 2 atom stereocenters. The summed E-state index contributed by atoms with van der Waals surface area (Å²) in [5, 5.41) is 5.83. The number of nitrogens with two attached hydrogens (primary N) is 1. The molecule has 0 fully saturated rings. The molecule has 24 heavy (non-hydrogen) atoms. The highest BCUT2D eigenvalue weighted by atomic mass is 35.5. The second kappa shape index (κ2) is 8.32. The van der Waals surface area contributed by atoms with Gasteiger partial charge >= 0.3 is 0 Å². The number of carbonyl (C=O) groups excluding carboxylic acids is 1. The average molecular weight is 346 g/mol. The quantitative estimate of drug-likeness (QED) is 0.827. The van der Waals surface area contributed by atoms with Crippen molar-refractivity contribution >= 4 is 17.5 Å². The van der Waals surface area contributed by atoms with Gasteiger partial charge in [0.25, 0.3) is 5.91 Å². The number of hydrogen-bond donors (Lipinski definition) is 2. The van der Waals surface area contributed by atoms with Crippen LogP contribution in [0.1, 0.15) is 48.2 Å². The van der Waals surface area contributed by atoms with E-state index in [9.17, 15) is 4.79 Å². The molecule has 4 heteroatoms. The molecule has 0 heterocycles. The maximum Gasteiger partial charge on any atom is 0.275 e. The van der Waals surface area contributed by atoms with E-state index in [4.69, 9.17) is 11.6 Å². The molecular weight excluding hydrogens is 320 g/mol. The van der Waals surface area contributed by atoms with Crippen LogP contribution in [0.5, 0.6) is 0 Å². The van der Waals surface area contributed by atoms with Crippen molar-refractivity contribution in [2.45, 2.75) is 39.8 Å². The molecule has 0 spiro atoms. The molecule has 2 aromatic carbocycles. The minimum absolute atomic E-state index is 0.0102. The molecule has 0 aliphatic rings. The van der Waals surface area contributed by atoms with E-state index in [0.29, 0.717) is 6.54 Å². The third-order valence-electron chi connectivity index (χ3n) is 4.46. The molecule has 0 aromatic heterocycles. The number of nitrogens with one attached hydrogen (secondary N) is 1. The van der Waals surface area contributed by atoms with Gasteiger partial charge in [-0.25, -0.2) is 0 Å². The highest BCUT2D eigenvalue weighted by Gasteiger charge is 2.14. The van der Waals surface area contributed by atoms with E-state index in [2.05, 4.69) is 44.3 Å². The van der Waals surface area contributed by atoms with E-state index in [-0.39, 0.29) is 18.0 Å². The van der Waals surface area contributed by atoms with Gasteiger partial charge < -0.3 is 10.6 Å². The van der Waals surface area contributed by atoms with Crippen molar-refractivity contribution in [3.8, 4) is 0 Å². The van der Waals surface area contributed by atoms with Crippen LogP contribution >= 0.6 is 11.6 Å². The highest BCUT2D eigenvalue weighted by molar-refractivity contribution is 6.30. The van der Waals surface area contributed by atoms with Gasteiger partial charge in [-0.2, -0.15) is 0 Å². The Balaban J connectivity index is 1.86. The number of amides is 1. The lowest BCUT2D eigenvalue weighted by Gasteiger charge is -2.16. The third-order valence-corrected chi connectivity index (χ3v) is 4.71. The van der Waals surface area contributed by atoms with Crippen molar-refractivity contribution in [2.24, 2.45) is 0 Å². The number of carbonyl (C=O) groups is 1. The van der Waals surface area contributed by atoms with Crippen molar-refractivity contribution in [1.29, 1.82) is 0 Å². The Hall–Kier alpha value is -1.84. The first-order chi connectivity index (χ1) is 11.4. The summed E-state index contributed by atoms with van der Waals surface area (Å²) >= 11 is 5.91. The van der Waals surface area contributed by atoms with Gasteiger partial charge in [-0.15, -0.1) is 0 Å². The van der Waals surface area contributed by atoms with E-state index in [1.807, 2.05) is 36.5 Å². The van der Waals surface area contributed by atoms with Crippen molar-refractivity contribution in [3.05, 3.63) is 69.7 Å². The molecule has 3 N–H and O–H groups in total. The molecule has 0 aliphatic carbocycles. The topological polar surface area (TPSA) is 45.7 Å². The van der Waals surface area contributed by atoms with Crippen molar-refractivity contribution in [2.75, 3.05) is 6.54 Å². The number of rotatable bonds is 6. The zero-order valence-electron chi connectivity index (χ0n) is 14.8. The van der Waals surface area contributed by atoms with E-state index in [1.54, 1.807) is 0 Å². The van der Waals surface area contributed by atoms with Crippen molar-refractivity contribution < 1.29 is 10.1 Å². The molecule has 2 aromatic rings. The van der Waals surface area contributed by atoms with Gasteiger partial charge in [0.2, 0.25) is 0 Å². The van der Waals surface area contributed by atoms with Gasteiger partial charge in [-0.1, -0.05) is 41.9 Å². The molecule has 2 rings (SSSR count). The molecule has 0 aliphatic heterocycles. The summed E-state index contributed by atoms with van der Waals surface area (Å²) in [7, 11) is 0. The molecule has 128 valence electrons. The molecule has 0 saturated heterocycles. The molecule has 0 radical (unpaired) electrons. The lowest BCUT2D eigenvalue weighted by Crippen LogP contribution is -2.87. The molecular formula is C20H26ClN2O+. The van der Waals surface area contributed by atoms with Crippen molar-refractivity contribution in [3.63, 3.8) is 0 Å². The summed E-state index contributed by atoms with van der Waals surface area (Å²) in [5.74, 6) is 0.0431. The summed E-state index contributed by atoms with van der Waals surface area (Å²) in [5.41, 5.74) is 4.81. The standard InChI is InChI=1S/C20H25ClN2O/c1-13-5-6-18(11-14(13)2)16(4)23-20(24)12-22-15(3)17-7-9-19(21)10-8-17/h5-11,15-16,22H,12H2,1-4H3,(H,23,24)/p+1/t15-,16+/m1/s1. The summed E-state index contributed by atoms with van der Waals surface area (Å²) in [4.78, 5) is 12.2. The van der Waals surface area contributed by atoms with Crippen LogP contribution in [0.3, 0.4) is 0 Å². The Bertz CT molecular complexity index is 697. The zero-order valence-corrected chi connectivity index (χ0v) is 15.5. The maximum absolute atomic E-state index is 12.2. The fraction of sp³-hybridized carbons (Fsp3) is 0.350. The van der Waals surface area contributed by atoms with Crippen LogP contribution in [0, 0.1) is 13.8 Å². The summed E-state index contributed by atoms with van der Waals surface area (Å²) < 4.78 is 0. The third kappa shape index (κ3) is 5.08. The molecule has 3 nitrogen and oxygen atoms in total. The van der Waals surface area contributed by atoms with Crippen LogP contribution in [0.15, 0.2) is 42.5 Å². The van der Waals surface area contributed by atoms with Crippen molar-refractivity contribution in [1.82, 2.24) is 5.32 Å². The van der Waals surface area contributed by atoms with Gasteiger partial charge in [-0.05, 0) is 56.5 Å². The van der Waals surface area contributed by atoms with E-state index in [0.717, 1.165) is 16.1 Å². The Morgan fingerprint density at radius 2 is 1.67 bits per heavy atom. The summed E-state index contributed by atoms with van der Waals surface area (Å²) in [6.07, 6.45) is 0. The predicted octanol–water partition coefficient (Wildman–Crippen LogP) is 3.46. The van der Waals surface area contributed by atoms with Crippen LogP contribution in [0.25, 0.3) is 0 Å². The first-order valence-corrected chi connectivity index (χ1v) is 8.70. The SMILES string of the molecule is Cc1ccc([C@H](C)NC(=O)C[NH2+][C@H](C)c2ccc(Cl)cc2)cc1C. The van der Waals surface area contributed by atoms with Gasteiger partial charge in [-0.3, -0.25) is 4.79 Å². The highest BCUT2D eigenvalue weighted by Crippen LogP contribution is 2.16. The Morgan fingerprint density at radius 1 is 1.04 bits per heavy atom. The lowest BCUT2D eigenvalue weighted by atomic mass is 10.0. The zero-order chi connectivity index (χ0) is 17.7. The molecule has 1 amide bonds. The van der Waals surface area contributed by atoms with E-state index < -0.39 is 0 Å². The largest absolute Gasteiger partial charge is 0.345 e. The van der Waals surface area contributed by atoms with Crippen LogP contribution in [-0.4, -0.2) is 12.5 Å². The maximum atomic E-state index is 12.2. The van der Waals surface area contributed by atoms with E-state index in [1.165, 1.54) is 11.1 Å². The minimum atomic E-state index is 0.0102. The second-order valence-corrected chi connectivity index (χ2v) is 6.85. The van der Waals surface area contributed by atoms with Gasteiger partial charge in [0, 0.05) is 10.6 Å². The Labute approximate surface area is 149 Å². The fourth-order valence-electron chi connectivity index (χ4n) is 2.60. The Kier molecular flexibility index (Phi) is 6.41. The normalized spacial score (nSPS) is 13.4. The second-order valence-electron chi connectivity index (χ2n) is 6.41. The lowest BCUT2D eigenvalue weighted by molar-refractivity contribution is -0.682. The minimum Gasteiger partial charge on any atom is -0.345 e.